The van der Waals surface area contributed by atoms with Crippen LogP contribution in [0.4, 0.5) is 0 Å². The summed E-state index contributed by atoms with van der Waals surface area (Å²) >= 11 is 0. The molecule has 0 fully saturated rings. The van der Waals surface area contributed by atoms with Gasteiger partial charge in [-0.15, -0.1) is 0 Å². The Morgan fingerprint density at radius 3 is 2.62 bits per heavy atom. The summed E-state index contributed by atoms with van der Waals surface area (Å²) in [6.45, 7) is 4.59. The maximum atomic E-state index is 2.42. The lowest BCUT2D eigenvalue weighted by molar-refractivity contribution is 0.457. The summed E-state index contributed by atoms with van der Waals surface area (Å²) in [7, 11) is 0. The first-order valence-electron chi connectivity index (χ1n) is 5.02. The third kappa shape index (κ3) is 1.53. The van der Waals surface area contributed by atoms with Crippen LogP contribution in [0, 0.1) is 5.41 Å². The molecule has 0 spiro atoms. The highest BCUT2D eigenvalue weighted by Gasteiger charge is 2.18. The van der Waals surface area contributed by atoms with Crippen molar-refractivity contribution in [3.05, 3.63) is 34.7 Å². The molecule has 1 atom stereocenters. The van der Waals surface area contributed by atoms with E-state index < -0.39 is 0 Å². The molecule has 0 heterocycles. The van der Waals surface area contributed by atoms with Gasteiger partial charge in [-0.1, -0.05) is 50.3 Å². The van der Waals surface area contributed by atoms with Crippen molar-refractivity contribution in [2.45, 2.75) is 26.7 Å². The third-order valence-electron chi connectivity index (χ3n) is 3.10. The summed E-state index contributed by atoms with van der Waals surface area (Å²) in [5, 5.41) is 2.80. The maximum absolute atomic E-state index is 2.42. The topological polar surface area (TPSA) is 0 Å². The monoisotopic (exact) mass is 172 g/mol. The number of rotatable bonds is 1. The summed E-state index contributed by atoms with van der Waals surface area (Å²) in [6.07, 6.45) is 7.18. The molecule has 0 bridgehead atoms. The molecule has 0 radical (unpaired) electrons. The van der Waals surface area contributed by atoms with E-state index in [1.807, 2.05) is 0 Å². The number of hydrogen-bond acceptors (Lipinski definition) is 0. The van der Waals surface area contributed by atoms with E-state index in [2.05, 4.69) is 50.3 Å². The highest BCUT2D eigenvalue weighted by molar-refractivity contribution is 5.43. The zero-order chi connectivity index (χ0) is 9.31. The summed E-state index contributed by atoms with van der Waals surface area (Å²) in [4.78, 5) is 0. The van der Waals surface area contributed by atoms with Crippen molar-refractivity contribution in [3.63, 3.8) is 0 Å². The van der Waals surface area contributed by atoms with Gasteiger partial charge < -0.3 is 0 Å². The van der Waals surface area contributed by atoms with Crippen molar-refractivity contribution in [3.8, 4) is 0 Å². The molecule has 1 aliphatic rings. The van der Waals surface area contributed by atoms with Gasteiger partial charge in [0.25, 0.3) is 0 Å². The molecule has 2 rings (SSSR count). The first kappa shape index (κ1) is 8.55. The Morgan fingerprint density at radius 1 is 1.23 bits per heavy atom. The maximum Gasteiger partial charge on any atom is -0.0105 e. The van der Waals surface area contributed by atoms with Gasteiger partial charge in [0.2, 0.25) is 0 Å². The molecule has 1 aromatic carbocycles. The van der Waals surface area contributed by atoms with Crippen LogP contribution in [0.25, 0.3) is 12.2 Å². The van der Waals surface area contributed by atoms with Gasteiger partial charge >= 0.3 is 0 Å². The molecule has 0 N–H and O–H groups in total. The summed E-state index contributed by atoms with van der Waals surface area (Å²) < 4.78 is 0. The van der Waals surface area contributed by atoms with Crippen LogP contribution in [0.3, 0.4) is 0 Å². The summed E-state index contributed by atoms with van der Waals surface area (Å²) in [5.41, 5.74) is 0.383. The standard InChI is InChI=1S/C13H16/c1-3-13(2)9-8-11-6-4-5-7-12(11)10-13/h4-8,10H,3,9H2,1-2H3. The summed E-state index contributed by atoms with van der Waals surface area (Å²) in [5.74, 6) is 0. The molecule has 1 aromatic rings. The number of hydrogen-bond donors (Lipinski definition) is 0. The van der Waals surface area contributed by atoms with Crippen LogP contribution in [0.1, 0.15) is 26.7 Å². The highest BCUT2D eigenvalue weighted by Crippen LogP contribution is 2.28. The number of benzene rings is 1. The fourth-order valence-corrected chi connectivity index (χ4v) is 1.85. The highest BCUT2D eigenvalue weighted by atomic mass is 14.2. The van der Waals surface area contributed by atoms with Gasteiger partial charge in [-0.25, -0.2) is 0 Å². The van der Waals surface area contributed by atoms with E-state index in [-0.39, 0.29) is 0 Å². The van der Waals surface area contributed by atoms with Crippen molar-refractivity contribution in [2.24, 2.45) is 5.41 Å². The van der Waals surface area contributed by atoms with Crippen LogP contribution in [0.5, 0.6) is 0 Å². The summed E-state index contributed by atoms with van der Waals surface area (Å²) in [6, 6.07) is 8.63. The molecule has 68 valence electrons. The lowest BCUT2D eigenvalue weighted by atomic mass is 9.80. The lowest BCUT2D eigenvalue weighted by Gasteiger charge is -2.24. The van der Waals surface area contributed by atoms with Gasteiger partial charge in [-0.3, -0.25) is 0 Å². The minimum atomic E-state index is 0.383. The molecule has 0 saturated carbocycles. The van der Waals surface area contributed by atoms with Crippen molar-refractivity contribution < 1.29 is 0 Å². The van der Waals surface area contributed by atoms with E-state index >= 15 is 0 Å². The van der Waals surface area contributed by atoms with Gasteiger partial charge in [0.1, 0.15) is 0 Å². The van der Waals surface area contributed by atoms with Crippen molar-refractivity contribution in [1.29, 1.82) is 0 Å². The molecule has 13 heavy (non-hydrogen) atoms. The normalized spacial score (nSPS) is 25.7. The fourth-order valence-electron chi connectivity index (χ4n) is 1.85. The van der Waals surface area contributed by atoms with Crippen LogP contribution < -0.4 is 10.4 Å². The van der Waals surface area contributed by atoms with Crippen LogP contribution >= 0.6 is 0 Å². The molecule has 0 aliphatic heterocycles. The van der Waals surface area contributed by atoms with Crippen LogP contribution in [-0.4, -0.2) is 0 Å². The van der Waals surface area contributed by atoms with Crippen LogP contribution in [0.15, 0.2) is 24.3 Å². The molecular weight excluding hydrogens is 156 g/mol. The smallest absolute Gasteiger partial charge is 0.0105 e. The second-order valence-electron chi connectivity index (χ2n) is 4.19. The Hall–Kier alpha value is -1.04. The fraction of sp³-hybridized carbons (Fsp3) is 0.385. The predicted molar refractivity (Wildman–Crippen MR) is 57.6 cm³/mol. The molecule has 1 unspecified atom stereocenters. The molecule has 0 aromatic heterocycles. The average Bonchev–Trinajstić information content (AvgIpc) is 2.18. The van der Waals surface area contributed by atoms with Gasteiger partial charge in [-0.05, 0) is 28.7 Å². The minimum absolute atomic E-state index is 0.383. The second kappa shape index (κ2) is 3.02. The molecular formula is C13H16. The van der Waals surface area contributed by atoms with Crippen LogP contribution in [-0.2, 0) is 0 Å². The van der Waals surface area contributed by atoms with E-state index in [1.165, 1.54) is 23.3 Å². The average molecular weight is 172 g/mol. The van der Waals surface area contributed by atoms with Crippen molar-refractivity contribution in [2.75, 3.05) is 0 Å². The molecule has 1 aliphatic carbocycles. The van der Waals surface area contributed by atoms with E-state index in [0.29, 0.717) is 5.41 Å². The van der Waals surface area contributed by atoms with E-state index in [4.69, 9.17) is 0 Å². The first-order valence-corrected chi connectivity index (χ1v) is 5.02. The molecule has 0 nitrogen and oxygen atoms in total. The van der Waals surface area contributed by atoms with E-state index in [9.17, 15) is 0 Å². The molecule has 0 saturated heterocycles. The lowest BCUT2D eigenvalue weighted by Crippen LogP contribution is -2.32. The zero-order valence-electron chi connectivity index (χ0n) is 8.38. The Bertz CT molecular complexity index is 414. The van der Waals surface area contributed by atoms with Gasteiger partial charge in [0.15, 0.2) is 0 Å². The Morgan fingerprint density at radius 2 is 1.92 bits per heavy atom. The van der Waals surface area contributed by atoms with Crippen molar-refractivity contribution >= 4 is 12.2 Å². The third-order valence-corrected chi connectivity index (χ3v) is 3.10. The SMILES string of the molecule is CCC1(C)C=c2ccccc2=CC1. The molecule has 0 amide bonds. The van der Waals surface area contributed by atoms with E-state index in [0.717, 1.165) is 0 Å². The Balaban J connectivity index is 2.62. The number of fused-ring (bicyclic) bond motifs is 1. The van der Waals surface area contributed by atoms with Crippen LogP contribution in [0.2, 0.25) is 0 Å². The van der Waals surface area contributed by atoms with Gasteiger partial charge in [0.05, 0.1) is 0 Å². The van der Waals surface area contributed by atoms with E-state index in [1.54, 1.807) is 0 Å². The van der Waals surface area contributed by atoms with Gasteiger partial charge in [0, 0.05) is 0 Å². The van der Waals surface area contributed by atoms with Gasteiger partial charge in [-0.2, -0.15) is 0 Å². The van der Waals surface area contributed by atoms with Crippen molar-refractivity contribution in [1.82, 2.24) is 0 Å². The minimum Gasteiger partial charge on any atom is -0.0758 e. The first-order chi connectivity index (χ1) is 6.23. The molecule has 0 heteroatoms. The largest absolute Gasteiger partial charge is 0.0758 e. The zero-order valence-corrected chi connectivity index (χ0v) is 8.38. The Kier molecular flexibility index (Phi) is 1.99. The quantitative estimate of drug-likeness (QED) is 0.608. The second-order valence-corrected chi connectivity index (χ2v) is 4.19. The predicted octanol–water partition coefficient (Wildman–Crippen LogP) is 2.07. The Labute approximate surface area is 79.6 Å².